The van der Waals surface area contributed by atoms with Gasteiger partial charge in [-0.2, -0.15) is 0 Å². The molecule has 0 radical (unpaired) electrons. The van der Waals surface area contributed by atoms with Crippen molar-refractivity contribution in [2.24, 2.45) is 29.6 Å². The number of esters is 2. The van der Waals surface area contributed by atoms with Crippen LogP contribution in [-0.2, 0) is 19.1 Å². The summed E-state index contributed by atoms with van der Waals surface area (Å²) in [4.78, 5) is 24.2. The molecule has 2 unspecified atom stereocenters. The Morgan fingerprint density at radius 3 is 2.76 bits per heavy atom. The highest BCUT2D eigenvalue weighted by molar-refractivity contribution is 5.72. The van der Waals surface area contributed by atoms with Crippen molar-refractivity contribution in [2.45, 2.75) is 84.5 Å². The first-order valence-corrected chi connectivity index (χ1v) is 11.3. The van der Waals surface area contributed by atoms with E-state index in [1.807, 2.05) is 13.8 Å². The topological polar surface area (TPSA) is 72.8 Å². The summed E-state index contributed by atoms with van der Waals surface area (Å²) in [6.07, 6.45) is 9.70. The molecule has 0 aromatic carbocycles. The average Bonchev–Trinajstić information content (AvgIpc) is 2.65. The van der Waals surface area contributed by atoms with Gasteiger partial charge in [-0.3, -0.25) is 9.59 Å². The molecule has 5 nitrogen and oxygen atoms in total. The van der Waals surface area contributed by atoms with Crippen molar-refractivity contribution in [2.75, 3.05) is 0 Å². The van der Waals surface area contributed by atoms with Gasteiger partial charge in [0.15, 0.2) is 0 Å². The number of allylic oxidation sites excluding steroid dienone is 3. The maximum Gasteiger partial charge on any atom is 0.308 e. The van der Waals surface area contributed by atoms with Crippen molar-refractivity contribution < 1.29 is 24.2 Å². The molecule has 1 saturated heterocycles. The van der Waals surface area contributed by atoms with Gasteiger partial charge in [-0.25, -0.2) is 0 Å². The summed E-state index contributed by atoms with van der Waals surface area (Å²) in [7, 11) is 0. The third kappa shape index (κ3) is 5.30. The maximum absolute atomic E-state index is 12.5. The molecule has 3 rings (SSSR count). The van der Waals surface area contributed by atoms with E-state index in [1.165, 1.54) is 5.57 Å². The first-order valence-electron chi connectivity index (χ1n) is 11.3. The van der Waals surface area contributed by atoms with Crippen molar-refractivity contribution in [1.29, 1.82) is 0 Å². The quantitative estimate of drug-likeness (QED) is 0.672. The van der Waals surface area contributed by atoms with E-state index >= 15 is 0 Å². The van der Waals surface area contributed by atoms with E-state index in [0.717, 1.165) is 25.7 Å². The number of hydrogen-bond donors (Lipinski definition) is 1. The van der Waals surface area contributed by atoms with Crippen LogP contribution in [0, 0.1) is 29.6 Å². The molecule has 1 fully saturated rings. The van der Waals surface area contributed by atoms with Gasteiger partial charge in [0.2, 0.25) is 0 Å². The molecule has 0 aromatic heterocycles. The van der Waals surface area contributed by atoms with Crippen molar-refractivity contribution in [1.82, 2.24) is 0 Å². The number of cyclic esters (lactones) is 1. The number of fused-ring (bicyclic) bond motifs is 1. The Morgan fingerprint density at radius 1 is 1.31 bits per heavy atom. The Hall–Kier alpha value is -1.62. The Balaban J connectivity index is 1.74. The van der Waals surface area contributed by atoms with Crippen LogP contribution in [-0.4, -0.2) is 35.4 Å². The predicted molar refractivity (Wildman–Crippen MR) is 111 cm³/mol. The van der Waals surface area contributed by atoms with Gasteiger partial charge in [0, 0.05) is 12.3 Å². The van der Waals surface area contributed by atoms with Crippen LogP contribution in [0.1, 0.15) is 66.2 Å². The number of rotatable bonds is 6. The Morgan fingerprint density at radius 2 is 2.07 bits per heavy atom. The zero-order valence-electron chi connectivity index (χ0n) is 18.2. The molecule has 8 atom stereocenters. The normalized spacial score (nSPS) is 37.9. The summed E-state index contributed by atoms with van der Waals surface area (Å²) >= 11 is 0. The van der Waals surface area contributed by atoms with E-state index in [-0.39, 0.29) is 42.4 Å². The standard InChI is InChI=1S/C24H36O5/c1-5-15(3)24(27)29-21-11-14(2)10-17-7-6-16(4)20(23(17)21)9-8-19-12-18(25)13-22(26)28-19/h6-7,10,14-16,18-21,23,25H,5,8-9,11-13H2,1-4H3/t14-,15-,16-,18+,19?,20?,21-,23-/m0/s1. The molecule has 5 heteroatoms. The summed E-state index contributed by atoms with van der Waals surface area (Å²) < 4.78 is 11.5. The van der Waals surface area contributed by atoms with Crippen LogP contribution in [0.5, 0.6) is 0 Å². The number of carbonyl (C=O) groups excluding carboxylic acids is 2. The molecular formula is C24H36O5. The van der Waals surface area contributed by atoms with Gasteiger partial charge < -0.3 is 14.6 Å². The fourth-order valence-electron chi connectivity index (χ4n) is 5.07. The van der Waals surface area contributed by atoms with E-state index in [4.69, 9.17) is 9.47 Å². The van der Waals surface area contributed by atoms with Gasteiger partial charge in [-0.1, -0.05) is 45.9 Å². The zero-order valence-corrected chi connectivity index (χ0v) is 18.2. The molecule has 1 heterocycles. The first kappa shape index (κ1) is 22.1. The summed E-state index contributed by atoms with van der Waals surface area (Å²) in [5.74, 6) is 0.755. The van der Waals surface area contributed by atoms with Crippen LogP contribution in [0.2, 0.25) is 0 Å². The van der Waals surface area contributed by atoms with Gasteiger partial charge >= 0.3 is 11.9 Å². The van der Waals surface area contributed by atoms with E-state index in [9.17, 15) is 14.7 Å². The summed E-state index contributed by atoms with van der Waals surface area (Å²) in [5.41, 5.74) is 1.27. The second-order valence-corrected chi connectivity index (χ2v) is 9.36. The van der Waals surface area contributed by atoms with Gasteiger partial charge in [-0.05, 0) is 49.0 Å². The highest BCUT2D eigenvalue weighted by Crippen LogP contribution is 2.45. The van der Waals surface area contributed by atoms with Crippen molar-refractivity contribution >= 4 is 11.9 Å². The van der Waals surface area contributed by atoms with E-state index in [2.05, 4.69) is 32.1 Å². The zero-order chi connectivity index (χ0) is 21.1. The average molecular weight is 405 g/mol. The molecule has 0 aromatic rings. The van der Waals surface area contributed by atoms with Crippen molar-refractivity contribution in [3.05, 3.63) is 23.8 Å². The molecule has 0 spiro atoms. The highest BCUT2D eigenvalue weighted by Gasteiger charge is 2.42. The van der Waals surface area contributed by atoms with Crippen LogP contribution in [0.3, 0.4) is 0 Å². The molecular weight excluding hydrogens is 368 g/mol. The number of ether oxygens (including phenoxy) is 2. The number of hydrogen-bond acceptors (Lipinski definition) is 5. The molecule has 2 aliphatic carbocycles. The summed E-state index contributed by atoms with van der Waals surface area (Å²) in [6, 6.07) is 0. The van der Waals surface area contributed by atoms with E-state index < -0.39 is 6.10 Å². The van der Waals surface area contributed by atoms with Gasteiger partial charge in [-0.15, -0.1) is 0 Å². The lowest BCUT2D eigenvalue weighted by Gasteiger charge is -2.43. The summed E-state index contributed by atoms with van der Waals surface area (Å²) in [5, 5.41) is 9.89. The predicted octanol–water partition coefficient (Wildman–Crippen LogP) is 4.20. The Labute approximate surface area is 174 Å². The number of aliphatic hydroxyl groups excluding tert-OH is 1. The monoisotopic (exact) mass is 404 g/mol. The molecule has 1 N–H and O–H groups in total. The third-order valence-corrected chi connectivity index (χ3v) is 6.93. The minimum Gasteiger partial charge on any atom is -0.462 e. The molecule has 0 amide bonds. The molecule has 1 aliphatic heterocycles. The summed E-state index contributed by atoms with van der Waals surface area (Å²) in [6.45, 7) is 8.33. The molecule has 0 bridgehead atoms. The fraction of sp³-hybridized carbons (Fsp3) is 0.750. The fourth-order valence-corrected chi connectivity index (χ4v) is 5.07. The lowest BCUT2D eigenvalue weighted by molar-refractivity contribution is -0.162. The largest absolute Gasteiger partial charge is 0.462 e. The molecule has 0 saturated carbocycles. The van der Waals surface area contributed by atoms with E-state index in [0.29, 0.717) is 24.2 Å². The molecule has 29 heavy (non-hydrogen) atoms. The lowest BCUT2D eigenvalue weighted by Crippen LogP contribution is -2.42. The van der Waals surface area contributed by atoms with Crippen LogP contribution in [0.4, 0.5) is 0 Å². The smallest absolute Gasteiger partial charge is 0.308 e. The van der Waals surface area contributed by atoms with Crippen molar-refractivity contribution in [3.63, 3.8) is 0 Å². The lowest BCUT2D eigenvalue weighted by atomic mass is 9.65. The van der Waals surface area contributed by atoms with Gasteiger partial charge in [0.25, 0.3) is 0 Å². The third-order valence-electron chi connectivity index (χ3n) is 6.93. The Kier molecular flexibility index (Phi) is 7.20. The number of aliphatic hydroxyl groups is 1. The van der Waals surface area contributed by atoms with Crippen LogP contribution < -0.4 is 0 Å². The van der Waals surface area contributed by atoms with Gasteiger partial charge in [0.05, 0.1) is 18.4 Å². The maximum atomic E-state index is 12.5. The van der Waals surface area contributed by atoms with Crippen molar-refractivity contribution in [3.8, 4) is 0 Å². The number of carbonyl (C=O) groups is 2. The minimum atomic E-state index is -0.597. The van der Waals surface area contributed by atoms with Crippen LogP contribution in [0.25, 0.3) is 0 Å². The highest BCUT2D eigenvalue weighted by atomic mass is 16.5. The Bertz CT molecular complexity index is 666. The second-order valence-electron chi connectivity index (χ2n) is 9.36. The second kappa shape index (κ2) is 9.46. The molecule has 3 aliphatic rings. The van der Waals surface area contributed by atoms with Gasteiger partial charge in [0.1, 0.15) is 12.2 Å². The molecule has 162 valence electrons. The van der Waals surface area contributed by atoms with Crippen LogP contribution in [0.15, 0.2) is 23.8 Å². The minimum absolute atomic E-state index is 0.0854. The first-order chi connectivity index (χ1) is 13.8. The SMILES string of the molecule is CC[C@H](C)C(=O)O[C@H]1C[C@@H](C)C=C2C=C[C@H](C)C(CCC3C[C@@H](O)CC(=O)O3)[C@H]21. The van der Waals surface area contributed by atoms with E-state index in [1.54, 1.807) is 0 Å². The van der Waals surface area contributed by atoms with Crippen LogP contribution >= 0.6 is 0 Å².